The summed E-state index contributed by atoms with van der Waals surface area (Å²) in [4.78, 5) is 14.7. The molecule has 0 bridgehead atoms. The molecule has 0 spiro atoms. The van der Waals surface area contributed by atoms with Gasteiger partial charge in [0.15, 0.2) is 0 Å². The molecule has 2 heterocycles. The highest BCUT2D eigenvalue weighted by molar-refractivity contribution is 6.33. The first-order valence-corrected chi connectivity index (χ1v) is 7.75. The Morgan fingerprint density at radius 2 is 2.18 bits per heavy atom. The van der Waals surface area contributed by atoms with Gasteiger partial charge in [-0.25, -0.2) is 0 Å². The highest BCUT2D eigenvalue weighted by Crippen LogP contribution is 2.29. The summed E-state index contributed by atoms with van der Waals surface area (Å²) in [5, 5.41) is 8.39. The van der Waals surface area contributed by atoms with Crippen LogP contribution in [0.2, 0.25) is 5.02 Å². The highest BCUT2D eigenvalue weighted by atomic mass is 35.5. The maximum absolute atomic E-state index is 12.9. The number of nitrogens with zero attached hydrogens (tertiary/aromatic N) is 3. The van der Waals surface area contributed by atoms with Crippen molar-refractivity contribution in [3.8, 4) is 11.3 Å². The van der Waals surface area contributed by atoms with Gasteiger partial charge in [0, 0.05) is 44.5 Å². The minimum absolute atomic E-state index is 0.0105. The van der Waals surface area contributed by atoms with E-state index < -0.39 is 0 Å². The molecule has 1 aromatic carbocycles. The molecule has 0 radical (unpaired) electrons. The van der Waals surface area contributed by atoms with Crippen LogP contribution >= 0.6 is 11.6 Å². The number of benzene rings is 1. The lowest BCUT2D eigenvalue weighted by molar-refractivity contribution is 0.0710. The lowest BCUT2D eigenvalue weighted by Crippen LogP contribution is -2.51. The molecule has 1 fully saturated rings. The number of rotatable bonds is 2. The Morgan fingerprint density at radius 3 is 2.91 bits per heavy atom. The Hall–Kier alpha value is -1.85. The minimum Gasteiger partial charge on any atom is -0.336 e. The molecule has 1 aliphatic heterocycles. The maximum atomic E-state index is 12.9. The fourth-order valence-electron chi connectivity index (χ4n) is 2.78. The first-order valence-electron chi connectivity index (χ1n) is 7.37. The summed E-state index contributed by atoms with van der Waals surface area (Å²) in [5.74, 6) is 0.0105. The second-order valence-electron chi connectivity index (χ2n) is 5.65. The smallest absolute Gasteiger partial charge is 0.257 e. The van der Waals surface area contributed by atoms with E-state index in [0.29, 0.717) is 35.4 Å². The second-order valence-corrected chi connectivity index (χ2v) is 6.06. The largest absolute Gasteiger partial charge is 0.336 e. The van der Waals surface area contributed by atoms with E-state index in [0.717, 1.165) is 12.1 Å². The van der Waals surface area contributed by atoms with E-state index in [1.165, 1.54) is 0 Å². The fourth-order valence-corrected chi connectivity index (χ4v) is 3.01. The summed E-state index contributed by atoms with van der Waals surface area (Å²) in [5.41, 5.74) is 2.03. The van der Waals surface area contributed by atoms with Crippen LogP contribution in [0.15, 0.2) is 30.5 Å². The van der Waals surface area contributed by atoms with Crippen LogP contribution in [0.5, 0.6) is 0 Å². The molecular weight excluding hydrogens is 300 g/mol. The molecule has 1 aromatic heterocycles. The van der Waals surface area contributed by atoms with E-state index in [1.54, 1.807) is 10.9 Å². The van der Waals surface area contributed by atoms with Crippen LogP contribution < -0.4 is 5.32 Å². The summed E-state index contributed by atoms with van der Waals surface area (Å²) in [6.07, 6.45) is 1.77. The van der Waals surface area contributed by atoms with Crippen molar-refractivity contribution in [1.82, 2.24) is 20.0 Å². The molecule has 2 aromatic rings. The summed E-state index contributed by atoms with van der Waals surface area (Å²) in [7, 11) is 1.82. The molecule has 5 nitrogen and oxygen atoms in total. The lowest BCUT2D eigenvalue weighted by Gasteiger charge is -2.31. The molecule has 1 saturated heterocycles. The Labute approximate surface area is 134 Å². The average molecular weight is 319 g/mol. The zero-order valence-corrected chi connectivity index (χ0v) is 13.5. The molecule has 1 amide bonds. The second kappa shape index (κ2) is 6.10. The number of amides is 1. The molecule has 0 unspecified atom stereocenters. The van der Waals surface area contributed by atoms with E-state index in [9.17, 15) is 4.79 Å². The average Bonchev–Trinajstić information content (AvgIpc) is 2.88. The standard InChI is InChI=1S/C16H19ClN4O/c1-11-9-21(8-7-18-11)16(22)13-10-20(2)19-15(13)12-5-3-4-6-14(12)17/h3-6,10-11,18H,7-9H2,1-2H3/t11-/m0/s1. The van der Waals surface area contributed by atoms with Crippen LogP contribution in [0.4, 0.5) is 0 Å². The van der Waals surface area contributed by atoms with Crippen molar-refractivity contribution < 1.29 is 4.79 Å². The summed E-state index contributed by atoms with van der Waals surface area (Å²) >= 11 is 6.27. The van der Waals surface area contributed by atoms with Crippen molar-refractivity contribution in [2.24, 2.45) is 7.05 Å². The maximum Gasteiger partial charge on any atom is 0.257 e. The number of piperazine rings is 1. The zero-order valence-electron chi connectivity index (χ0n) is 12.7. The van der Waals surface area contributed by atoms with Gasteiger partial charge in [-0.1, -0.05) is 29.8 Å². The molecule has 3 rings (SSSR count). The highest BCUT2D eigenvalue weighted by Gasteiger charge is 2.26. The summed E-state index contributed by atoms with van der Waals surface area (Å²) < 4.78 is 1.66. The fraction of sp³-hybridized carbons (Fsp3) is 0.375. The Kier molecular flexibility index (Phi) is 4.18. The van der Waals surface area contributed by atoms with E-state index in [1.807, 2.05) is 36.2 Å². The first-order chi connectivity index (χ1) is 10.6. The molecule has 0 aliphatic carbocycles. The van der Waals surface area contributed by atoms with E-state index in [4.69, 9.17) is 11.6 Å². The van der Waals surface area contributed by atoms with E-state index in [-0.39, 0.29) is 5.91 Å². The van der Waals surface area contributed by atoms with Crippen LogP contribution in [0, 0.1) is 0 Å². The van der Waals surface area contributed by atoms with Crippen LogP contribution in [0.25, 0.3) is 11.3 Å². The number of carbonyl (C=O) groups excluding carboxylic acids is 1. The molecule has 1 aliphatic rings. The number of carbonyl (C=O) groups is 1. The van der Waals surface area contributed by atoms with E-state index >= 15 is 0 Å². The third-order valence-corrected chi connectivity index (χ3v) is 4.17. The van der Waals surface area contributed by atoms with Gasteiger partial charge in [-0.05, 0) is 13.0 Å². The Morgan fingerprint density at radius 1 is 1.41 bits per heavy atom. The van der Waals surface area contributed by atoms with Gasteiger partial charge in [-0.15, -0.1) is 0 Å². The number of halogens is 1. The minimum atomic E-state index is 0.0105. The quantitative estimate of drug-likeness (QED) is 0.923. The van der Waals surface area contributed by atoms with Gasteiger partial charge in [0.2, 0.25) is 0 Å². The van der Waals surface area contributed by atoms with Crippen molar-refractivity contribution in [2.45, 2.75) is 13.0 Å². The summed E-state index contributed by atoms with van der Waals surface area (Å²) in [6.45, 7) is 4.31. The van der Waals surface area contributed by atoms with Crippen LogP contribution in [0.1, 0.15) is 17.3 Å². The van der Waals surface area contributed by atoms with Gasteiger partial charge in [-0.2, -0.15) is 5.10 Å². The van der Waals surface area contributed by atoms with Crippen LogP contribution in [-0.4, -0.2) is 46.3 Å². The molecular formula is C16H19ClN4O. The van der Waals surface area contributed by atoms with Gasteiger partial charge >= 0.3 is 0 Å². The van der Waals surface area contributed by atoms with E-state index in [2.05, 4.69) is 17.3 Å². The van der Waals surface area contributed by atoms with Crippen molar-refractivity contribution in [2.75, 3.05) is 19.6 Å². The molecule has 116 valence electrons. The predicted molar refractivity (Wildman–Crippen MR) is 87.0 cm³/mol. The third-order valence-electron chi connectivity index (χ3n) is 3.84. The normalized spacial score (nSPS) is 18.5. The zero-order chi connectivity index (χ0) is 15.7. The number of hydrogen-bond acceptors (Lipinski definition) is 3. The molecule has 1 N–H and O–H groups in total. The molecule has 22 heavy (non-hydrogen) atoms. The summed E-state index contributed by atoms with van der Waals surface area (Å²) in [6, 6.07) is 7.78. The van der Waals surface area contributed by atoms with Gasteiger partial charge in [0.05, 0.1) is 10.6 Å². The Balaban J connectivity index is 1.98. The SMILES string of the molecule is C[C@H]1CN(C(=O)c2cn(C)nc2-c2ccccc2Cl)CCN1. The van der Waals surface area contributed by atoms with Gasteiger partial charge in [0.1, 0.15) is 5.69 Å². The predicted octanol–water partition coefficient (Wildman–Crippen LogP) is 2.17. The van der Waals surface area contributed by atoms with Gasteiger partial charge in [0.25, 0.3) is 5.91 Å². The van der Waals surface area contributed by atoms with Gasteiger partial charge < -0.3 is 10.2 Å². The van der Waals surface area contributed by atoms with Crippen LogP contribution in [-0.2, 0) is 7.05 Å². The Bertz CT molecular complexity index is 697. The lowest BCUT2D eigenvalue weighted by atomic mass is 10.1. The molecule has 1 atom stereocenters. The number of aromatic nitrogens is 2. The van der Waals surface area contributed by atoms with Crippen molar-refractivity contribution in [3.63, 3.8) is 0 Å². The number of aryl methyl sites for hydroxylation is 1. The molecule has 6 heteroatoms. The van der Waals surface area contributed by atoms with Crippen LogP contribution in [0.3, 0.4) is 0 Å². The van der Waals surface area contributed by atoms with Crippen molar-refractivity contribution in [3.05, 3.63) is 41.0 Å². The van der Waals surface area contributed by atoms with Crippen molar-refractivity contribution >= 4 is 17.5 Å². The first kappa shape index (κ1) is 15.1. The molecule has 0 saturated carbocycles. The van der Waals surface area contributed by atoms with Crippen molar-refractivity contribution in [1.29, 1.82) is 0 Å². The monoisotopic (exact) mass is 318 g/mol. The topological polar surface area (TPSA) is 50.2 Å². The van der Waals surface area contributed by atoms with Gasteiger partial charge in [-0.3, -0.25) is 9.48 Å². The number of hydrogen-bond donors (Lipinski definition) is 1. The third kappa shape index (κ3) is 2.87. The number of nitrogens with one attached hydrogen (secondary N) is 1.